The first-order valence-corrected chi connectivity index (χ1v) is 9.17. The molecule has 0 heteroatoms. The number of rotatable bonds is 12. The molecule has 1 aliphatic rings. The number of hydrogen-bond acceptors (Lipinski definition) is 0. The standard InChI is InChI=1S/C19H37/c1-3-4-5-6-7-8-9-10-11-12-15-18(2)19-16-13-14-17-19/h18-19H,2-17H2,1H3. The third-order valence-electron chi connectivity index (χ3n) is 4.99. The summed E-state index contributed by atoms with van der Waals surface area (Å²) in [5.74, 6) is 1.73. The second-order valence-electron chi connectivity index (χ2n) is 6.78. The molecule has 0 aromatic carbocycles. The van der Waals surface area contributed by atoms with Crippen LogP contribution in [-0.4, -0.2) is 0 Å². The Morgan fingerprint density at radius 2 is 1.26 bits per heavy atom. The van der Waals surface area contributed by atoms with Crippen molar-refractivity contribution in [1.82, 2.24) is 0 Å². The fourth-order valence-corrected chi connectivity index (χ4v) is 3.56. The Labute approximate surface area is 122 Å². The zero-order valence-corrected chi connectivity index (χ0v) is 13.5. The molecule has 1 aliphatic carbocycles. The summed E-state index contributed by atoms with van der Waals surface area (Å²) in [7, 11) is 0. The summed E-state index contributed by atoms with van der Waals surface area (Å²) in [6, 6.07) is 0. The van der Waals surface area contributed by atoms with E-state index in [4.69, 9.17) is 0 Å². The first kappa shape index (κ1) is 17.1. The Balaban J connectivity index is 1.78. The maximum atomic E-state index is 4.40. The lowest BCUT2D eigenvalue weighted by molar-refractivity contribution is 0.365. The van der Waals surface area contributed by atoms with Gasteiger partial charge in [-0.15, -0.1) is 0 Å². The van der Waals surface area contributed by atoms with Crippen molar-refractivity contribution in [1.29, 1.82) is 0 Å². The Morgan fingerprint density at radius 3 is 1.79 bits per heavy atom. The van der Waals surface area contributed by atoms with Crippen molar-refractivity contribution >= 4 is 0 Å². The van der Waals surface area contributed by atoms with Crippen molar-refractivity contribution in [3.63, 3.8) is 0 Å². The van der Waals surface area contributed by atoms with Crippen LogP contribution in [0.25, 0.3) is 0 Å². The summed E-state index contributed by atoms with van der Waals surface area (Å²) in [4.78, 5) is 0. The third-order valence-corrected chi connectivity index (χ3v) is 4.99. The van der Waals surface area contributed by atoms with E-state index in [9.17, 15) is 0 Å². The molecule has 1 rings (SSSR count). The summed E-state index contributed by atoms with van der Waals surface area (Å²) in [6.07, 6.45) is 21.7. The minimum absolute atomic E-state index is 0.761. The van der Waals surface area contributed by atoms with Gasteiger partial charge in [-0.2, -0.15) is 0 Å². The second kappa shape index (κ2) is 11.8. The van der Waals surface area contributed by atoms with E-state index in [-0.39, 0.29) is 0 Å². The van der Waals surface area contributed by atoms with Gasteiger partial charge in [0.2, 0.25) is 0 Å². The largest absolute Gasteiger partial charge is 0.0654 e. The molecule has 0 saturated heterocycles. The van der Waals surface area contributed by atoms with E-state index in [0.29, 0.717) is 0 Å². The highest BCUT2D eigenvalue weighted by molar-refractivity contribution is 4.76. The normalized spacial score (nSPS) is 18.0. The minimum atomic E-state index is 0.761. The van der Waals surface area contributed by atoms with Crippen molar-refractivity contribution in [2.75, 3.05) is 0 Å². The van der Waals surface area contributed by atoms with Crippen LogP contribution in [0.4, 0.5) is 0 Å². The lowest BCUT2D eigenvalue weighted by Gasteiger charge is -2.18. The number of hydrogen-bond donors (Lipinski definition) is 0. The molecule has 1 unspecified atom stereocenters. The number of unbranched alkanes of at least 4 members (excludes halogenated alkanes) is 9. The molecular weight excluding hydrogens is 228 g/mol. The van der Waals surface area contributed by atoms with Crippen LogP contribution in [0.3, 0.4) is 0 Å². The highest BCUT2D eigenvalue weighted by atomic mass is 14.3. The lowest BCUT2D eigenvalue weighted by atomic mass is 9.88. The molecule has 1 atom stereocenters. The molecule has 0 amide bonds. The molecule has 0 aromatic rings. The molecule has 113 valence electrons. The van der Waals surface area contributed by atoms with Crippen LogP contribution in [0.1, 0.15) is 103 Å². The van der Waals surface area contributed by atoms with Gasteiger partial charge in [0.15, 0.2) is 0 Å². The Kier molecular flexibility index (Phi) is 10.6. The fraction of sp³-hybridized carbons (Fsp3) is 0.947. The average molecular weight is 266 g/mol. The van der Waals surface area contributed by atoms with Gasteiger partial charge in [0.25, 0.3) is 0 Å². The second-order valence-corrected chi connectivity index (χ2v) is 6.78. The van der Waals surface area contributed by atoms with Crippen LogP contribution in [0, 0.1) is 18.8 Å². The van der Waals surface area contributed by atoms with E-state index in [1.54, 1.807) is 0 Å². The summed E-state index contributed by atoms with van der Waals surface area (Å²) < 4.78 is 0. The van der Waals surface area contributed by atoms with Gasteiger partial charge in [0.1, 0.15) is 0 Å². The molecule has 1 radical (unpaired) electrons. The predicted octanol–water partition coefficient (Wildman–Crippen LogP) is 6.94. The van der Waals surface area contributed by atoms with Crippen molar-refractivity contribution in [3.05, 3.63) is 6.92 Å². The lowest BCUT2D eigenvalue weighted by Crippen LogP contribution is -2.07. The fourth-order valence-electron chi connectivity index (χ4n) is 3.56. The van der Waals surface area contributed by atoms with Crippen LogP contribution in [0.5, 0.6) is 0 Å². The van der Waals surface area contributed by atoms with Crippen LogP contribution in [-0.2, 0) is 0 Å². The summed E-state index contributed by atoms with van der Waals surface area (Å²) in [5, 5.41) is 0. The van der Waals surface area contributed by atoms with Gasteiger partial charge >= 0.3 is 0 Å². The highest BCUT2D eigenvalue weighted by Crippen LogP contribution is 2.33. The van der Waals surface area contributed by atoms with Gasteiger partial charge in [-0.05, 0) is 18.8 Å². The maximum absolute atomic E-state index is 4.40. The minimum Gasteiger partial charge on any atom is -0.0654 e. The SMILES string of the molecule is [CH2]C(CCCCCCCCCCCC)C1CCCC1. The molecule has 1 fully saturated rings. The Bertz CT molecular complexity index is 178. The van der Waals surface area contributed by atoms with E-state index in [1.165, 1.54) is 96.3 Å². The molecule has 0 aliphatic heterocycles. The quantitative estimate of drug-likeness (QED) is 0.335. The monoisotopic (exact) mass is 265 g/mol. The predicted molar refractivity (Wildman–Crippen MR) is 87.3 cm³/mol. The smallest absolute Gasteiger partial charge is 0.0386 e. The van der Waals surface area contributed by atoms with Crippen LogP contribution in [0.15, 0.2) is 0 Å². The van der Waals surface area contributed by atoms with Crippen molar-refractivity contribution < 1.29 is 0 Å². The van der Waals surface area contributed by atoms with Crippen molar-refractivity contribution in [3.8, 4) is 0 Å². The van der Waals surface area contributed by atoms with Gasteiger partial charge in [0, 0.05) is 0 Å². The van der Waals surface area contributed by atoms with E-state index in [2.05, 4.69) is 13.8 Å². The van der Waals surface area contributed by atoms with Gasteiger partial charge in [-0.25, -0.2) is 0 Å². The Morgan fingerprint density at radius 1 is 0.789 bits per heavy atom. The average Bonchev–Trinajstić information content (AvgIpc) is 2.95. The van der Waals surface area contributed by atoms with Crippen LogP contribution >= 0.6 is 0 Å². The zero-order chi connectivity index (χ0) is 13.8. The van der Waals surface area contributed by atoms with Crippen molar-refractivity contribution in [2.45, 2.75) is 103 Å². The molecular formula is C19H37. The van der Waals surface area contributed by atoms with Crippen LogP contribution < -0.4 is 0 Å². The molecule has 0 bridgehead atoms. The van der Waals surface area contributed by atoms with E-state index < -0.39 is 0 Å². The highest BCUT2D eigenvalue weighted by Gasteiger charge is 2.20. The molecule has 19 heavy (non-hydrogen) atoms. The van der Waals surface area contributed by atoms with E-state index in [1.807, 2.05) is 0 Å². The zero-order valence-electron chi connectivity index (χ0n) is 13.5. The molecule has 0 aromatic heterocycles. The van der Waals surface area contributed by atoms with E-state index in [0.717, 1.165) is 11.8 Å². The molecule has 0 heterocycles. The van der Waals surface area contributed by atoms with Gasteiger partial charge in [-0.3, -0.25) is 0 Å². The summed E-state index contributed by atoms with van der Waals surface area (Å²) in [6.45, 7) is 6.69. The molecule has 0 nitrogen and oxygen atoms in total. The maximum Gasteiger partial charge on any atom is -0.0386 e. The molecule has 0 spiro atoms. The van der Waals surface area contributed by atoms with Gasteiger partial charge < -0.3 is 0 Å². The first-order chi connectivity index (χ1) is 9.34. The first-order valence-electron chi connectivity index (χ1n) is 9.17. The van der Waals surface area contributed by atoms with Gasteiger partial charge in [0.05, 0.1) is 0 Å². The summed E-state index contributed by atoms with van der Waals surface area (Å²) >= 11 is 0. The van der Waals surface area contributed by atoms with Crippen LogP contribution in [0.2, 0.25) is 0 Å². The molecule has 1 saturated carbocycles. The van der Waals surface area contributed by atoms with Gasteiger partial charge in [-0.1, -0.05) is 103 Å². The Hall–Kier alpha value is 0. The molecule has 0 N–H and O–H groups in total. The van der Waals surface area contributed by atoms with E-state index >= 15 is 0 Å². The summed E-state index contributed by atoms with van der Waals surface area (Å²) in [5.41, 5.74) is 0. The third kappa shape index (κ3) is 8.71. The van der Waals surface area contributed by atoms with Crippen molar-refractivity contribution in [2.24, 2.45) is 11.8 Å². The topological polar surface area (TPSA) is 0 Å².